The molecule has 0 atom stereocenters. The van der Waals surface area contributed by atoms with E-state index in [1.165, 1.54) is 0 Å². The standard InChI is InChI=1S/C16H17N3O3S/c1-21-13-4-3-11(14(8-13)22-2)9-17-15(20)7-12-10-19-5-6-23-16(19)18-12/h3-6,8,10H,7,9H2,1-2H3,(H,17,20). The van der Waals surface area contributed by atoms with Crippen LogP contribution in [0.2, 0.25) is 0 Å². The quantitative estimate of drug-likeness (QED) is 0.752. The van der Waals surface area contributed by atoms with E-state index in [-0.39, 0.29) is 12.3 Å². The number of aromatic nitrogens is 2. The Morgan fingerprint density at radius 2 is 2.22 bits per heavy atom. The Labute approximate surface area is 137 Å². The van der Waals surface area contributed by atoms with Crippen LogP contribution in [0.5, 0.6) is 11.5 Å². The molecule has 0 fully saturated rings. The van der Waals surface area contributed by atoms with Gasteiger partial charge in [0.1, 0.15) is 11.5 Å². The van der Waals surface area contributed by atoms with Crippen LogP contribution in [0.1, 0.15) is 11.3 Å². The van der Waals surface area contributed by atoms with Crippen molar-refractivity contribution in [1.82, 2.24) is 14.7 Å². The first-order valence-electron chi connectivity index (χ1n) is 7.08. The molecule has 0 unspecified atom stereocenters. The maximum absolute atomic E-state index is 12.1. The van der Waals surface area contributed by atoms with Crippen LogP contribution >= 0.6 is 11.3 Å². The lowest BCUT2D eigenvalue weighted by atomic mass is 10.2. The molecular formula is C16H17N3O3S. The molecule has 23 heavy (non-hydrogen) atoms. The van der Waals surface area contributed by atoms with E-state index < -0.39 is 0 Å². The molecule has 6 nitrogen and oxygen atoms in total. The number of nitrogens with one attached hydrogen (secondary N) is 1. The van der Waals surface area contributed by atoms with Crippen LogP contribution in [-0.2, 0) is 17.8 Å². The molecule has 0 spiro atoms. The summed E-state index contributed by atoms with van der Waals surface area (Å²) < 4.78 is 12.4. The molecule has 7 heteroatoms. The molecule has 2 heterocycles. The summed E-state index contributed by atoms with van der Waals surface area (Å²) in [6.45, 7) is 0.397. The average molecular weight is 331 g/mol. The van der Waals surface area contributed by atoms with Crippen LogP contribution in [0.15, 0.2) is 36.0 Å². The summed E-state index contributed by atoms with van der Waals surface area (Å²) in [5.41, 5.74) is 1.66. The molecule has 0 aliphatic heterocycles. The lowest BCUT2D eigenvalue weighted by molar-refractivity contribution is -0.120. The van der Waals surface area contributed by atoms with Crippen molar-refractivity contribution < 1.29 is 14.3 Å². The number of rotatable bonds is 6. The number of nitrogens with zero attached hydrogens (tertiary/aromatic N) is 2. The minimum atomic E-state index is -0.0753. The molecule has 0 bridgehead atoms. The third-order valence-corrected chi connectivity index (χ3v) is 4.23. The number of benzene rings is 1. The van der Waals surface area contributed by atoms with E-state index in [1.54, 1.807) is 31.6 Å². The first-order chi connectivity index (χ1) is 11.2. The molecule has 0 aliphatic rings. The Bertz CT molecular complexity index is 796. The highest BCUT2D eigenvalue weighted by molar-refractivity contribution is 7.15. The third kappa shape index (κ3) is 3.45. The van der Waals surface area contributed by atoms with Gasteiger partial charge in [-0.05, 0) is 12.1 Å². The molecular weight excluding hydrogens is 314 g/mol. The molecule has 0 radical (unpaired) electrons. The lowest BCUT2D eigenvalue weighted by Gasteiger charge is -2.11. The summed E-state index contributed by atoms with van der Waals surface area (Å²) in [7, 11) is 3.20. The van der Waals surface area contributed by atoms with Crippen molar-refractivity contribution in [1.29, 1.82) is 0 Å². The number of hydrogen-bond donors (Lipinski definition) is 1. The molecule has 0 saturated carbocycles. The first-order valence-corrected chi connectivity index (χ1v) is 7.96. The second-order valence-electron chi connectivity index (χ2n) is 4.96. The number of carbonyl (C=O) groups excluding carboxylic acids is 1. The van der Waals surface area contributed by atoms with Gasteiger partial charge in [-0.3, -0.25) is 9.20 Å². The van der Waals surface area contributed by atoms with Gasteiger partial charge in [-0.1, -0.05) is 0 Å². The molecule has 120 valence electrons. The fourth-order valence-electron chi connectivity index (χ4n) is 2.28. The van der Waals surface area contributed by atoms with Crippen LogP contribution in [0, 0.1) is 0 Å². The van der Waals surface area contributed by atoms with Gasteiger partial charge < -0.3 is 14.8 Å². The lowest BCUT2D eigenvalue weighted by Crippen LogP contribution is -2.24. The number of hydrogen-bond acceptors (Lipinski definition) is 5. The van der Waals surface area contributed by atoms with Crippen LogP contribution in [0.3, 0.4) is 0 Å². The molecule has 1 N–H and O–H groups in total. The van der Waals surface area contributed by atoms with Crippen LogP contribution in [-0.4, -0.2) is 29.5 Å². The Kier molecular flexibility index (Phi) is 4.47. The summed E-state index contributed by atoms with van der Waals surface area (Å²) in [6, 6.07) is 5.52. The monoisotopic (exact) mass is 331 g/mol. The topological polar surface area (TPSA) is 64.9 Å². The van der Waals surface area contributed by atoms with Crippen molar-refractivity contribution in [3.63, 3.8) is 0 Å². The second kappa shape index (κ2) is 6.70. The summed E-state index contributed by atoms with van der Waals surface area (Å²) in [5.74, 6) is 1.33. The number of carbonyl (C=O) groups is 1. The number of imidazole rings is 1. The molecule has 0 saturated heterocycles. The maximum Gasteiger partial charge on any atom is 0.226 e. The number of ether oxygens (including phenoxy) is 2. The summed E-state index contributed by atoms with van der Waals surface area (Å²) in [5, 5.41) is 4.85. The largest absolute Gasteiger partial charge is 0.497 e. The highest BCUT2D eigenvalue weighted by atomic mass is 32.1. The van der Waals surface area contributed by atoms with Gasteiger partial charge >= 0.3 is 0 Å². The fourth-order valence-corrected chi connectivity index (χ4v) is 3.00. The van der Waals surface area contributed by atoms with E-state index in [4.69, 9.17) is 9.47 Å². The van der Waals surface area contributed by atoms with Gasteiger partial charge in [0.05, 0.1) is 26.3 Å². The fraction of sp³-hybridized carbons (Fsp3) is 0.250. The van der Waals surface area contributed by atoms with Crippen molar-refractivity contribution in [3.8, 4) is 11.5 Å². The smallest absolute Gasteiger partial charge is 0.226 e. The van der Waals surface area contributed by atoms with Gasteiger partial charge in [-0.25, -0.2) is 4.98 Å². The maximum atomic E-state index is 12.1. The molecule has 0 aliphatic carbocycles. The van der Waals surface area contributed by atoms with Crippen LogP contribution in [0.4, 0.5) is 0 Å². The molecule has 1 aromatic carbocycles. The van der Waals surface area contributed by atoms with Crippen molar-refractivity contribution in [3.05, 3.63) is 47.2 Å². The highest BCUT2D eigenvalue weighted by Crippen LogP contribution is 2.24. The minimum absolute atomic E-state index is 0.0753. The zero-order valence-corrected chi connectivity index (χ0v) is 13.7. The van der Waals surface area contributed by atoms with Crippen LogP contribution in [0.25, 0.3) is 4.96 Å². The zero-order chi connectivity index (χ0) is 16.2. The van der Waals surface area contributed by atoms with Crippen LogP contribution < -0.4 is 14.8 Å². The van der Waals surface area contributed by atoms with E-state index in [0.717, 1.165) is 22.0 Å². The van der Waals surface area contributed by atoms with E-state index in [2.05, 4.69) is 10.3 Å². The molecule has 3 rings (SSSR count). The molecule has 3 aromatic rings. The summed E-state index contributed by atoms with van der Waals surface area (Å²) in [4.78, 5) is 17.4. The minimum Gasteiger partial charge on any atom is -0.497 e. The van der Waals surface area contributed by atoms with E-state index in [1.807, 2.05) is 34.3 Å². The van der Waals surface area contributed by atoms with Gasteiger partial charge in [0.15, 0.2) is 4.96 Å². The zero-order valence-electron chi connectivity index (χ0n) is 12.9. The molecule has 1 amide bonds. The van der Waals surface area contributed by atoms with E-state index in [0.29, 0.717) is 12.3 Å². The Morgan fingerprint density at radius 3 is 2.96 bits per heavy atom. The Hall–Kier alpha value is -2.54. The SMILES string of the molecule is COc1ccc(CNC(=O)Cc2cn3ccsc3n2)c(OC)c1. The average Bonchev–Trinajstić information content (AvgIpc) is 3.14. The van der Waals surface area contributed by atoms with Gasteiger partial charge in [0.25, 0.3) is 0 Å². The van der Waals surface area contributed by atoms with E-state index >= 15 is 0 Å². The van der Waals surface area contributed by atoms with Crippen molar-refractivity contribution in [2.45, 2.75) is 13.0 Å². The predicted molar refractivity (Wildman–Crippen MR) is 88.2 cm³/mol. The Balaban J connectivity index is 1.61. The number of methoxy groups -OCH3 is 2. The second-order valence-corrected chi connectivity index (χ2v) is 5.83. The highest BCUT2D eigenvalue weighted by Gasteiger charge is 2.10. The Morgan fingerprint density at radius 1 is 1.35 bits per heavy atom. The predicted octanol–water partition coefficient (Wildman–Crippen LogP) is 2.27. The number of thiazole rings is 1. The molecule has 2 aromatic heterocycles. The third-order valence-electron chi connectivity index (χ3n) is 3.46. The summed E-state index contributed by atoms with van der Waals surface area (Å²) in [6.07, 6.45) is 4.06. The van der Waals surface area contributed by atoms with Crippen molar-refractivity contribution in [2.24, 2.45) is 0 Å². The van der Waals surface area contributed by atoms with Crippen molar-refractivity contribution in [2.75, 3.05) is 14.2 Å². The van der Waals surface area contributed by atoms with Crippen molar-refractivity contribution >= 4 is 22.2 Å². The van der Waals surface area contributed by atoms with Gasteiger partial charge in [0.2, 0.25) is 5.91 Å². The number of amides is 1. The van der Waals surface area contributed by atoms with Gasteiger partial charge in [0, 0.05) is 35.9 Å². The van der Waals surface area contributed by atoms with Gasteiger partial charge in [-0.2, -0.15) is 0 Å². The van der Waals surface area contributed by atoms with E-state index in [9.17, 15) is 4.79 Å². The van der Waals surface area contributed by atoms with Gasteiger partial charge in [-0.15, -0.1) is 11.3 Å². The normalized spacial score (nSPS) is 10.7. The first kappa shape index (κ1) is 15.4. The summed E-state index contributed by atoms with van der Waals surface area (Å²) >= 11 is 1.55. The number of fused-ring (bicyclic) bond motifs is 1.